The van der Waals surface area contributed by atoms with Crippen LogP contribution in [-0.4, -0.2) is 4.98 Å². The second-order valence-electron chi connectivity index (χ2n) is 4.70. The second kappa shape index (κ2) is 3.14. The van der Waals surface area contributed by atoms with Crippen LogP contribution >= 0.6 is 0 Å². The third-order valence-corrected chi connectivity index (χ3v) is 3.01. The number of furan rings is 1. The average Bonchev–Trinajstić information content (AvgIpc) is 2.77. The van der Waals surface area contributed by atoms with Crippen LogP contribution in [0.1, 0.15) is 31.2 Å². The van der Waals surface area contributed by atoms with Gasteiger partial charge in [0.2, 0.25) is 0 Å². The SMILES string of the molecule is Cc1cc2c(ccc3cc(C(C)C)oc32)[nH]1. The maximum atomic E-state index is 5.94. The van der Waals surface area contributed by atoms with E-state index >= 15 is 0 Å². The number of hydrogen-bond donors (Lipinski definition) is 1. The van der Waals surface area contributed by atoms with Crippen LogP contribution in [0, 0.1) is 6.92 Å². The monoisotopic (exact) mass is 213 g/mol. The first-order chi connectivity index (χ1) is 7.65. The van der Waals surface area contributed by atoms with Gasteiger partial charge in [-0.15, -0.1) is 0 Å². The van der Waals surface area contributed by atoms with Gasteiger partial charge in [0.25, 0.3) is 0 Å². The van der Waals surface area contributed by atoms with Crippen molar-refractivity contribution in [2.45, 2.75) is 26.7 Å². The van der Waals surface area contributed by atoms with Gasteiger partial charge in [-0.3, -0.25) is 0 Å². The molecule has 0 fully saturated rings. The maximum absolute atomic E-state index is 5.94. The van der Waals surface area contributed by atoms with Crippen LogP contribution in [0.4, 0.5) is 0 Å². The van der Waals surface area contributed by atoms with Crippen molar-refractivity contribution in [2.24, 2.45) is 0 Å². The van der Waals surface area contributed by atoms with E-state index in [0.717, 1.165) is 16.9 Å². The van der Waals surface area contributed by atoms with E-state index in [0.29, 0.717) is 5.92 Å². The molecule has 0 amide bonds. The Morgan fingerprint density at radius 2 is 2.00 bits per heavy atom. The fourth-order valence-corrected chi connectivity index (χ4v) is 2.15. The summed E-state index contributed by atoms with van der Waals surface area (Å²) in [5.41, 5.74) is 3.32. The minimum absolute atomic E-state index is 0.433. The molecule has 0 aliphatic rings. The van der Waals surface area contributed by atoms with Crippen molar-refractivity contribution in [3.05, 3.63) is 35.7 Å². The van der Waals surface area contributed by atoms with Gasteiger partial charge in [0.1, 0.15) is 11.3 Å². The molecule has 2 aromatic heterocycles. The van der Waals surface area contributed by atoms with Gasteiger partial charge < -0.3 is 9.40 Å². The number of nitrogens with one attached hydrogen (secondary N) is 1. The zero-order valence-electron chi connectivity index (χ0n) is 9.79. The molecule has 0 atom stereocenters. The van der Waals surface area contributed by atoms with Crippen molar-refractivity contribution in [1.29, 1.82) is 0 Å². The van der Waals surface area contributed by atoms with Gasteiger partial charge in [-0.05, 0) is 31.2 Å². The summed E-state index contributed by atoms with van der Waals surface area (Å²) in [5, 5.41) is 2.37. The van der Waals surface area contributed by atoms with Gasteiger partial charge >= 0.3 is 0 Å². The minimum atomic E-state index is 0.433. The summed E-state index contributed by atoms with van der Waals surface area (Å²) in [4.78, 5) is 3.33. The molecule has 2 nitrogen and oxygen atoms in total. The van der Waals surface area contributed by atoms with Crippen LogP contribution < -0.4 is 0 Å². The molecule has 1 aromatic carbocycles. The highest BCUT2D eigenvalue weighted by molar-refractivity contribution is 6.03. The number of aromatic amines is 1. The smallest absolute Gasteiger partial charge is 0.143 e. The predicted molar refractivity (Wildman–Crippen MR) is 66.9 cm³/mol. The van der Waals surface area contributed by atoms with E-state index in [4.69, 9.17) is 4.42 Å². The van der Waals surface area contributed by atoms with Crippen molar-refractivity contribution < 1.29 is 4.42 Å². The van der Waals surface area contributed by atoms with Gasteiger partial charge in [-0.25, -0.2) is 0 Å². The Kier molecular flexibility index (Phi) is 1.87. The summed E-state index contributed by atoms with van der Waals surface area (Å²) < 4.78 is 5.94. The molecule has 16 heavy (non-hydrogen) atoms. The molecule has 2 heteroatoms. The zero-order chi connectivity index (χ0) is 11.3. The van der Waals surface area contributed by atoms with E-state index in [1.165, 1.54) is 16.5 Å². The Balaban J connectivity index is 2.40. The van der Waals surface area contributed by atoms with E-state index < -0.39 is 0 Å². The molecule has 1 N–H and O–H groups in total. The van der Waals surface area contributed by atoms with Crippen molar-refractivity contribution >= 4 is 21.9 Å². The molecule has 0 unspecified atom stereocenters. The maximum Gasteiger partial charge on any atom is 0.143 e. The van der Waals surface area contributed by atoms with Gasteiger partial charge in [-0.2, -0.15) is 0 Å². The summed E-state index contributed by atoms with van der Waals surface area (Å²) in [7, 11) is 0. The second-order valence-corrected chi connectivity index (χ2v) is 4.70. The summed E-state index contributed by atoms with van der Waals surface area (Å²) in [6, 6.07) is 8.51. The molecule has 3 aromatic rings. The Morgan fingerprint density at radius 1 is 1.19 bits per heavy atom. The molecule has 2 heterocycles. The molecule has 3 rings (SSSR count). The molecular formula is C14H15NO. The highest BCUT2D eigenvalue weighted by Gasteiger charge is 2.10. The molecule has 0 spiro atoms. The molecule has 0 aliphatic carbocycles. The molecule has 0 radical (unpaired) electrons. The number of aryl methyl sites for hydroxylation is 1. The van der Waals surface area contributed by atoms with Crippen LogP contribution in [-0.2, 0) is 0 Å². The van der Waals surface area contributed by atoms with Crippen LogP contribution in [0.2, 0.25) is 0 Å². The number of aromatic nitrogens is 1. The molecule has 0 saturated carbocycles. The van der Waals surface area contributed by atoms with Crippen LogP contribution in [0.15, 0.2) is 28.7 Å². The van der Waals surface area contributed by atoms with E-state index in [2.05, 4.69) is 50.0 Å². The van der Waals surface area contributed by atoms with Crippen molar-refractivity contribution in [3.8, 4) is 0 Å². The van der Waals surface area contributed by atoms with E-state index in [-0.39, 0.29) is 0 Å². The number of rotatable bonds is 1. The lowest BCUT2D eigenvalue weighted by Crippen LogP contribution is -1.79. The standard InChI is InChI=1S/C14H15NO/c1-8(2)13-7-10-4-5-12-11(14(10)16-13)6-9(3)15-12/h4-8,15H,1-3H3. The molecule has 0 aliphatic heterocycles. The van der Waals surface area contributed by atoms with E-state index in [1.807, 2.05) is 0 Å². The fourth-order valence-electron chi connectivity index (χ4n) is 2.15. The van der Waals surface area contributed by atoms with Crippen LogP contribution in [0.25, 0.3) is 21.9 Å². The average molecular weight is 213 g/mol. The van der Waals surface area contributed by atoms with Crippen molar-refractivity contribution in [2.75, 3.05) is 0 Å². The van der Waals surface area contributed by atoms with Crippen LogP contribution in [0.5, 0.6) is 0 Å². The van der Waals surface area contributed by atoms with Gasteiger partial charge in [0.15, 0.2) is 0 Å². The highest BCUT2D eigenvalue weighted by Crippen LogP contribution is 2.31. The highest BCUT2D eigenvalue weighted by atomic mass is 16.3. The first-order valence-corrected chi connectivity index (χ1v) is 5.67. The van der Waals surface area contributed by atoms with Crippen molar-refractivity contribution in [3.63, 3.8) is 0 Å². The Bertz CT molecular complexity index is 658. The summed E-state index contributed by atoms with van der Waals surface area (Å²) >= 11 is 0. The number of H-pyrrole nitrogens is 1. The Hall–Kier alpha value is -1.70. The summed E-state index contributed by atoms with van der Waals surface area (Å²) in [6.45, 7) is 6.37. The van der Waals surface area contributed by atoms with Crippen molar-refractivity contribution in [1.82, 2.24) is 4.98 Å². The lowest BCUT2D eigenvalue weighted by molar-refractivity contribution is 0.524. The normalized spacial score (nSPS) is 12.0. The molecule has 0 bridgehead atoms. The third kappa shape index (κ3) is 1.26. The minimum Gasteiger partial charge on any atom is -0.460 e. The Labute approximate surface area is 94.3 Å². The van der Waals surface area contributed by atoms with Gasteiger partial charge in [0, 0.05) is 27.9 Å². The topological polar surface area (TPSA) is 28.9 Å². The van der Waals surface area contributed by atoms with E-state index in [9.17, 15) is 0 Å². The molecule has 82 valence electrons. The largest absolute Gasteiger partial charge is 0.460 e. The number of hydrogen-bond acceptors (Lipinski definition) is 1. The summed E-state index contributed by atoms with van der Waals surface area (Å²) in [6.07, 6.45) is 0. The van der Waals surface area contributed by atoms with Gasteiger partial charge in [0.05, 0.1) is 0 Å². The third-order valence-electron chi connectivity index (χ3n) is 3.01. The quantitative estimate of drug-likeness (QED) is 0.639. The first-order valence-electron chi connectivity index (χ1n) is 5.67. The number of fused-ring (bicyclic) bond motifs is 3. The zero-order valence-corrected chi connectivity index (χ0v) is 9.79. The number of benzene rings is 1. The summed E-state index contributed by atoms with van der Waals surface area (Å²) in [5.74, 6) is 1.49. The first kappa shape index (κ1) is 9.52. The van der Waals surface area contributed by atoms with E-state index in [1.54, 1.807) is 0 Å². The lowest BCUT2D eigenvalue weighted by Gasteiger charge is -1.96. The molecular weight excluding hydrogens is 198 g/mol. The Morgan fingerprint density at radius 3 is 2.75 bits per heavy atom. The fraction of sp³-hybridized carbons (Fsp3) is 0.286. The predicted octanol–water partition coefficient (Wildman–Crippen LogP) is 4.35. The van der Waals surface area contributed by atoms with Crippen LogP contribution in [0.3, 0.4) is 0 Å². The lowest BCUT2D eigenvalue weighted by atomic mass is 10.1. The van der Waals surface area contributed by atoms with Gasteiger partial charge in [-0.1, -0.05) is 13.8 Å². The molecule has 0 saturated heterocycles.